The molecular formula is C17H26BNO2. The number of hydrogen-bond acceptors (Lipinski definition) is 3. The Hall–Kier alpha value is -0.835. The van der Waals surface area contributed by atoms with Gasteiger partial charge in [0.1, 0.15) is 0 Å². The van der Waals surface area contributed by atoms with E-state index in [-0.39, 0.29) is 0 Å². The Morgan fingerprint density at radius 1 is 1.24 bits per heavy atom. The standard InChI is InChI=1S/C17H26BNO2/c1-11-14-8-13(17(14,2)3)9-16(11)19-10-12-6-4-5-7-15(12)18(20)21/h4-7,11,13-14,16,19-21H,8-10H2,1-3H3/t11-,13+,14-,16-/m1/s1. The first-order valence-corrected chi connectivity index (χ1v) is 8.08. The zero-order chi connectivity index (χ0) is 15.2. The quantitative estimate of drug-likeness (QED) is 0.736. The predicted molar refractivity (Wildman–Crippen MR) is 86.1 cm³/mol. The summed E-state index contributed by atoms with van der Waals surface area (Å²) in [6.07, 6.45) is 2.63. The molecule has 3 N–H and O–H groups in total. The first kappa shape index (κ1) is 15.1. The fraction of sp³-hybridized carbons (Fsp3) is 0.647. The Kier molecular flexibility index (Phi) is 3.89. The van der Waals surface area contributed by atoms with Crippen LogP contribution in [0.5, 0.6) is 0 Å². The molecule has 4 heteroatoms. The van der Waals surface area contributed by atoms with Crippen molar-refractivity contribution in [1.82, 2.24) is 5.32 Å². The normalized spacial score (nSPS) is 33.4. The summed E-state index contributed by atoms with van der Waals surface area (Å²) in [5, 5.41) is 22.5. The van der Waals surface area contributed by atoms with Crippen LogP contribution >= 0.6 is 0 Å². The van der Waals surface area contributed by atoms with Crippen molar-refractivity contribution in [2.24, 2.45) is 23.2 Å². The third kappa shape index (κ3) is 2.54. The molecule has 3 saturated carbocycles. The molecule has 114 valence electrons. The van der Waals surface area contributed by atoms with Crippen molar-refractivity contribution in [3.8, 4) is 0 Å². The van der Waals surface area contributed by atoms with Crippen LogP contribution in [0.4, 0.5) is 0 Å². The molecule has 0 aliphatic heterocycles. The predicted octanol–water partition coefficient (Wildman–Crippen LogP) is 1.53. The molecule has 21 heavy (non-hydrogen) atoms. The van der Waals surface area contributed by atoms with E-state index in [0.29, 0.717) is 29.4 Å². The molecular weight excluding hydrogens is 261 g/mol. The third-order valence-electron chi connectivity index (χ3n) is 6.24. The second-order valence-corrected chi connectivity index (χ2v) is 7.52. The van der Waals surface area contributed by atoms with E-state index >= 15 is 0 Å². The Morgan fingerprint density at radius 3 is 2.57 bits per heavy atom. The van der Waals surface area contributed by atoms with Gasteiger partial charge in [0, 0.05) is 12.6 Å². The molecule has 0 amide bonds. The van der Waals surface area contributed by atoms with Crippen LogP contribution in [0.3, 0.4) is 0 Å². The molecule has 1 aromatic carbocycles. The van der Waals surface area contributed by atoms with Gasteiger partial charge in [0.2, 0.25) is 0 Å². The molecule has 0 saturated heterocycles. The largest absolute Gasteiger partial charge is 0.488 e. The summed E-state index contributed by atoms with van der Waals surface area (Å²) in [5.41, 5.74) is 2.11. The van der Waals surface area contributed by atoms with E-state index in [4.69, 9.17) is 0 Å². The lowest BCUT2D eigenvalue weighted by Crippen LogP contribution is -2.59. The number of benzene rings is 1. The number of nitrogens with one attached hydrogen (secondary N) is 1. The summed E-state index contributed by atoms with van der Waals surface area (Å²) < 4.78 is 0. The minimum absolute atomic E-state index is 0.511. The lowest BCUT2D eigenvalue weighted by atomic mass is 9.45. The van der Waals surface area contributed by atoms with Crippen molar-refractivity contribution in [2.45, 2.75) is 46.2 Å². The van der Waals surface area contributed by atoms with Gasteiger partial charge < -0.3 is 15.4 Å². The van der Waals surface area contributed by atoms with E-state index in [9.17, 15) is 10.0 Å². The van der Waals surface area contributed by atoms with Gasteiger partial charge in [-0.05, 0) is 47.0 Å². The Morgan fingerprint density at radius 2 is 1.95 bits per heavy atom. The fourth-order valence-electron chi connectivity index (χ4n) is 4.61. The van der Waals surface area contributed by atoms with E-state index in [1.807, 2.05) is 18.2 Å². The van der Waals surface area contributed by atoms with Gasteiger partial charge in [0.15, 0.2) is 0 Å². The summed E-state index contributed by atoms with van der Waals surface area (Å²) >= 11 is 0. The Labute approximate surface area is 127 Å². The van der Waals surface area contributed by atoms with Crippen molar-refractivity contribution in [2.75, 3.05) is 0 Å². The van der Waals surface area contributed by atoms with E-state index in [0.717, 1.165) is 17.4 Å². The SMILES string of the molecule is C[C@@H]1[C@H]2C[C@@H](C[C@H]1NCc1ccccc1B(O)O)C2(C)C. The zero-order valence-corrected chi connectivity index (χ0v) is 13.2. The van der Waals surface area contributed by atoms with Gasteiger partial charge in [-0.25, -0.2) is 0 Å². The Bertz CT molecular complexity index is 517. The number of hydrogen-bond donors (Lipinski definition) is 3. The molecule has 3 nitrogen and oxygen atoms in total. The van der Waals surface area contributed by atoms with Crippen LogP contribution in [0, 0.1) is 23.2 Å². The van der Waals surface area contributed by atoms with Crippen LogP contribution in [0.1, 0.15) is 39.2 Å². The molecule has 3 aliphatic rings. The first-order chi connectivity index (χ1) is 9.91. The molecule has 1 aromatic rings. The highest BCUT2D eigenvalue weighted by atomic mass is 16.4. The lowest BCUT2D eigenvalue weighted by molar-refractivity contribution is -0.115. The average molecular weight is 287 g/mol. The molecule has 0 unspecified atom stereocenters. The van der Waals surface area contributed by atoms with Gasteiger partial charge in [-0.3, -0.25) is 0 Å². The molecule has 2 bridgehead atoms. The van der Waals surface area contributed by atoms with Crippen molar-refractivity contribution >= 4 is 12.6 Å². The van der Waals surface area contributed by atoms with E-state index in [2.05, 4.69) is 26.1 Å². The van der Waals surface area contributed by atoms with Crippen LogP contribution in [0.15, 0.2) is 24.3 Å². The molecule has 3 fully saturated rings. The fourth-order valence-corrected chi connectivity index (χ4v) is 4.61. The summed E-state index contributed by atoms with van der Waals surface area (Å²) in [4.78, 5) is 0. The highest BCUT2D eigenvalue weighted by molar-refractivity contribution is 6.59. The third-order valence-corrected chi connectivity index (χ3v) is 6.24. The molecule has 4 rings (SSSR count). The van der Waals surface area contributed by atoms with Gasteiger partial charge in [0.05, 0.1) is 0 Å². The van der Waals surface area contributed by atoms with Crippen molar-refractivity contribution < 1.29 is 10.0 Å². The summed E-state index contributed by atoms with van der Waals surface area (Å²) in [5.74, 6) is 2.36. The van der Waals surface area contributed by atoms with Crippen LogP contribution in [0.2, 0.25) is 0 Å². The second-order valence-electron chi connectivity index (χ2n) is 7.52. The van der Waals surface area contributed by atoms with Gasteiger partial charge in [-0.15, -0.1) is 0 Å². The zero-order valence-electron chi connectivity index (χ0n) is 13.2. The van der Waals surface area contributed by atoms with E-state index < -0.39 is 7.12 Å². The summed E-state index contributed by atoms with van der Waals surface area (Å²) in [6, 6.07) is 8.10. The Balaban J connectivity index is 1.65. The molecule has 0 radical (unpaired) electrons. The monoisotopic (exact) mass is 287 g/mol. The van der Waals surface area contributed by atoms with Crippen LogP contribution in [-0.4, -0.2) is 23.2 Å². The first-order valence-electron chi connectivity index (χ1n) is 8.08. The minimum atomic E-state index is -1.39. The molecule has 4 atom stereocenters. The van der Waals surface area contributed by atoms with Crippen molar-refractivity contribution in [3.63, 3.8) is 0 Å². The molecule has 0 heterocycles. The van der Waals surface area contributed by atoms with Gasteiger partial charge in [-0.1, -0.05) is 45.0 Å². The van der Waals surface area contributed by atoms with Gasteiger partial charge >= 0.3 is 7.12 Å². The maximum Gasteiger partial charge on any atom is 0.488 e. The van der Waals surface area contributed by atoms with Crippen LogP contribution in [0.25, 0.3) is 0 Å². The second kappa shape index (κ2) is 5.42. The molecule has 0 aromatic heterocycles. The maximum atomic E-state index is 9.44. The highest BCUT2D eigenvalue weighted by Gasteiger charge is 2.55. The highest BCUT2D eigenvalue weighted by Crippen LogP contribution is 2.61. The summed E-state index contributed by atoms with van der Waals surface area (Å²) in [7, 11) is -1.39. The maximum absolute atomic E-state index is 9.44. The number of fused-ring (bicyclic) bond motifs is 2. The lowest BCUT2D eigenvalue weighted by Gasteiger charge is -2.62. The van der Waals surface area contributed by atoms with Crippen molar-refractivity contribution in [3.05, 3.63) is 29.8 Å². The average Bonchev–Trinajstić information content (AvgIpc) is 2.45. The van der Waals surface area contributed by atoms with Crippen LogP contribution < -0.4 is 10.8 Å². The molecule has 0 spiro atoms. The minimum Gasteiger partial charge on any atom is -0.423 e. The smallest absolute Gasteiger partial charge is 0.423 e. The number of rotatable bonds is 4. The summed E-state index contributed by atoms with van der Waals surface area (Å²) in [6.45, 7) is 7.90. The van der Waals surface area contributed by atoms with Crippen molar-refractivity contribution in [1.29, 1.82) is 0 Å². The van der Waals surface area contributed by atoms with Gasteiger partial charge in [-0.2, -0.15) is 0 Å². The topological polar surface area (TPSA) is 52.5 Å². The van der Waals surface area contributed by atoms with E-state index in [1.165, 1.54) is 12.8 Å². The van der Waals surface area contributed by atoms with Crippen LogP contribution in [-0.2, 0) is 6.54 Å². The molecule has 3 aliphatic carbocycles. The van der Waals surface area contributed by atoms with Gasteiger partial charge in [0.25, 0.3) is 0 Å². The van der Waals surface area contributed by atoms with E-state index in [1.54, 1.807) is 6.07 Å².